The van der Waals surface area contributed by atoms with E-state index in [-0.39, 0.29) is 12.6 Å². The molecular formula is C22H32N4O5S. The van der Waals surface area contributed by atoms with Gasteiger partial charge >= 0.3 is 12.0 Å². The Bertz CT molecular complexity index is 975. The van der Waals surface area contributed by atoms with Crippen molar-refractivity contribution in [3.05, 3.63) is 41.1 Å². The number of carbonyl (C=O) groups excluding carboxylic acids is 2. The molecule has 2 amide bonds. The molecule has 176 valence electrons. The van der Waals surface area contributed by atoms with E-state index >= 15 is 0 Å². The molecule has 1 saturated heterocycles. The minimum atomic E-state index is -3.57. The summed E-state index contributed by atoms with van der Waals surface area (Å²) in [6, 6.07) is 6.11. The lowest BCUT2D eigenvalue weighted by Crippen LogP contribution is -2.52. The van der Waals surface area contributed by atoms with E-state index in [1.165, 1.54) is 4.31 Å². The summed E-state index contributed by atoms with van der Waals surface area (Å²) in [5, 5.41) is 5.53. The summed E-state index contributed by atoms with van der Waals surface area (Å²) in [5.41, 5.74) is 1.96. The minimum Gasteiger partial charge on any atom is -0.463 e. The van der Waals surface area contributed by atoms with Crippen molar-refractivity contribution < 1.29 is 22.7 Å². The summed E-state index contributed by atoms with van der Waals surface area (Å²) >= 11 is 0. The Morgan fingerprint density at radius 3 is 2.50 bits per heavy atom. The van der Waals surface area contributed by atoms with E-state index in [9.17, 15) is 18.0 Å². The van der Waals surface area contributed by atoms with Gasteiger partial charge in [-0.25, -0.2) is 18.0 Å². The first-order valence-corrected chi connectivity index (χ1v) is 12.5. The first-order chi connectivity index (χ1) is 15.3. The van der Waals surface area contributed by atoms with Crippen molar-refractivity contribution in [2.75, 3.05) is 39.3 Å². The van der Waals surface area contributed by atoms with Gasteiger partial charge in [0.15, 0.2) is 0 Å². The van der Waals surface area contributed by atoms with Gasteiger partial charge in [-0.05, 0) is 45.4 Å². The third-order valence-electron chi connectivity index (χ3n) is 5.73. The summed E-state index contributed by atoms with van der Waals surface area (Å²) in [4.78, 5) is 27.1. The molecule has 2 aliphatic rings. The lowest BCUT2D eigenvalue weighted by Gasteiger charge is -2.31. The number of carbonyl (C=O) groups is 2. The molecule has 2 heterocycles. The monoisotopic (exact) mass is 464 g/mol. The first-order valence-electron chi connectivity index (χ1n) is 11.0. The Kier molecular flexibility index (Phi) is 7.91. The zero-order valence-corrected chi connectivity index (χ0v) is 19.7. The lowest BCUT2D eigenvalue weighted by atomic mass is 10.00. The Morgan fingerprint density at radius 2 is 1.84 bits per heavy atom. The fourth-order valence-corrected chi connectivity index (χ4v) is 5.48. The second-order valence-electron chi connectivity index (χ2n) is 8.02. The van der Waals surface area contributed by atoms with Crippen molar-refractivity contribution in [2.24, 2.45) is 0 Å². The van der Waals surface area contributed by atoms with Crippen LogP contribution in [-0.4, -0.2) is 75.0 Å². The van der Waals surface area contributed by atoms with Crippen molar-refractivity contribution in [2.45, 2.75) is 44.6 Å². The van der Waals surface area contributed by atoms with Gasteiger partial charge in [0.05, 0.1) is 23.1 Å². The summed E-state index contributed by atoms with van der Waals surface area (Å²) in [5.74, 6) is -0.444. The number of nitrogens with one attached hydrogen (secondary N) is 2. The number of esters is 1. The van der Waals surface area contributed by atoms with E-state index in [1.807, 2.05) is 13.8 Å². The van der Waals surface area contributed by atoms with Gasteiger partial charge in [0.1, 0.15) is 0 Å². The highest BCUT2D eigenvalue weighted by molar-refractivity contribution is 7.89. The molecule has 1 fully saturated rings. The molecule has 1 unspecified atom stereocenters. The number of hydrogen-bond acceptors (Lipinski definition) is 6. The van der Waals surface area contributed by atoms with Crippen LogP contribution in [0.25, 0.3) is 0 Å². The molecule has 2 N–H and O–H groups in total. The molecule has 1 atom stereocenters. The van der Waals surface area contributed by atoms with E-state index in [1.54, 1.807) is 31.2 Å². The van der Waals surface area contributed by atoms with Crippen molar-refractivity contribution in [3.63, 3.8) is 0 Å². The molecule has 3 rings (SSSR count). The highest BCUT2D eigenvalue weighted by Gasteiger charge is 2.33. The number of nitrogens with zero attached hydrogens (tertiary/aromatic N) is 2. The number of ether oxygens (including phenoxy) is 1. The Morgan fingerprint density at radius 1 is 1.12 bits per heavy atom. The fraction of sp³-hybridized carbons (Fsp3) is 0.545. The van der Waals surface area contributed by atoms with E-state index in [2.05, 4.69) is 15.5 Å². The van der Waals surface area contributed by atoms with E-state index in [0.29, 0.717) is 61.7 Å². The average Bonchev–Trinajstić information content (AvgIpc) is 3.00. The Balaban J connectivity index is 1.76. The van der Waals surface area contributed by atoms with Gasteiger partial charge in [0.2, 0.25) is 10.0 Å². The highest BCUT2D eigenvalue weighted by atomic mass is 32.2. The quantitative estimate of drug-likeness (QED) is 0.594. The van der Waals surface area contributed by atoms with Crippen molar-refractivity contribution >= 4 is 22.0 Å². The Hall–Kier alpha value is -2.43. The SMILES string of the molecule is CCOC(=O)C1=C(CN2CCCN(S(=O)(=O)c3ccc(C)cc3)CC2)NC(=O)NC1CC. The zero-order chi connectivity index (χ0) is 23.3. The maximum atomic E-state index is 13.1. The topological polar surface area (TPSA) is 108 Å². The number of aryl methyl sites for hydroxylation is 1. The number of benzene rings is 1. The maximum Gasteiger partial charge on any atom is 0.337 e. The zero-order valence-electron chi connectivity index (χ0n) is 18.9. The van der Waals surface area contributed by atoms with Crippen LogP contribution in [0.1, 0.15) is 32.3 Å². The van der Waals surface area contributed by atoms with Gasteiger partial charge in [0, 0.05) is 31.9 Å². The molecule has 0 aliphatic carbocycles. The first kappa shape index (κ1) is 24.2. The van der Waals surface area contributed by atoms with Crippen LogP contribution in [0.15, 0.2) is 40.4 Å². The predicted octanol–water partition coefficient (Wildman–Crippen LogP) is 1.60. The van der Waals surface area contributed by atoms with E-state index < -0.39 is 22.0 Å². The van der Waals surface area contributed by atoms with Gasteiger partial charge in [-0.1, -0.05) is 24.6 Å². The molecule has 0 aromatic heterocycles. The smallest absolute Gasteiger partial charge is 0.337 e. The standard InChI is InChI=1S/C22H32N4O5S/c1-4-18-20(21(27)31-5-2)19(24-22(28)23-18)15-25-11-6-12-26(14-13-25)32(29,30)17-9-7-16(3)8-10-17/h7-10,18H,4-6,11-15H2,1-3H3,(H2,23,24,28). The van der Waals surface area contributed by atoms with Gasteiger partial charge in [-0.2, -0.15) is 4.31 Å². The summed E-state index contributed by atoms with van der Waals surface area (Å²) in [6.07, 6.45) is 1.21. The Labute approximate surface area is 189 Å². The molecule has 0 bridgehead atoms. The molecule has 9 nitrogen and oxygen atoms in total. The number of amides is 2. The van der Waals surface area contributed by atoms with Crippen LogP contribution in [0.4, 0.5) is 4.79 Å². The molecule has 32 heavy (non-hydrogen) atoms. The molecule has 2 aliphatic heterocycles. The fourth-order valence-electron chi connectivity index (χ4n) is 4.02. The third-order valence-corrected chi connectivity index (χ3v) is 7.65. The number of sulfonamides is 1. The van der Waals surface area contributed by atoms with Gasteiger partial charge in [-0.15, -0.1) is 0 Å². The second-order valence-corrected chi connectivity index (χ2v) is 9.96. The van der Waals surface area contributed by atoms with E-state index in [4.69, 9.17) is 4.74 Å². The number of rotatable bonds is 7. The van der Waals surface area contributed by atoms with E-state index in [0.717, 1.165) is 5.56 Å². The summed E-state index contributed by atoms with van der Waals surface area (Å²) in [7, 11) is -3.57. The average molecular weight is 465 g/mol. The van der Waals surface area contributed by atoms with Gasteiger partial charge < -0.3 is 15.4 Å². The summed E-state index contributed by atoms with van der Waals surface area (Å²) in [6.45, 7) is 8.04. The van der Waals surface area contributed by atoms with Crippen LogP contribution in [-0.2, 0) is 19.6 Å². The van der Waals surface area contributed by atoms with Crippen molar-refractivity contribution in [1.82, 2.24) is 19.8 Å². The lowest BCUT2D eigenvalue weighted by molar-refractivity contribution is -0.139. The normalized spacial score (nSPS) is 21.0. The second kappa shape index (κ2) is 10.5. The molecule has 0 radical (unpaired) electrons. The van der Waals surface area contributed by atoms with Crippen LogP contribution >= 0.6 is 0 Å². The molecular weight excluding hydrogens is 432 g/mol. The van der Waals surface area contributed by atoms with Crippen LogP contribution in [0, 0.1) is 6.92 Å². The molecule has 0 saturated carbocycles. The predicted molar refractivity (Wildman–Crippen MR) is 120 cm³/mol. The largest absolute Gasteiger partial charge is 0.463 e. The van der Waals surface area contributed by atoms with Gasteiger partial charge in [-0.3, -0.25) is 4.90 Å². The maximum absolute atomic E-state index is 13.1. The molecule has 10 heteroatoms. The molecule has 1 aromatic rings. The van der Waals surface area contributed by atoms with Crippen LogP contribution in [0.3, 0.4) is 0 Å². The van der Waals surface area contributed by atoms with Crippen molar-refractivity contribution in [3.8, 4) is 0 Å². The highest BCUT2D eigenvalue weighted by Crippen LogP contribution is 2.21. The molecule has 1 aromatic carbocycles. The van der Waals surface area contributed by atoms with Crippen LogP contribution in [0.2, 0.25) is 0 Å². The van der Waals surface area contributed by atoms with Gasteiger partial charge in [0.25, 0.3) is 0 Å². The minimum absolute atomic E-state index is 0.246. The van der Waals surface area contributed by atoms with Crippen molar-refractivity contribution in [1.29, 1.82) is 0 Å². The summed E-state index contributed by atoms with van der Waals surface area (Å²) < 4.78 is 32.8. The van der Waals surface area contributed by atoms with Crippen LogP contribution < -0.4 is 10.6 Å². The number of hydrogen-bond donors (Lipinski definition) is 2. The van der Waals surface area contributed by atoms with Crippen LogP contribution in [0.5, 0.6) is 0 Å². The molecule has 0 spiro atoms. The number of urea groups is 1. The third kappa shape index (κ3) is 5.48.